The number of carbonyl (C=O) groups is 2. The number of aliphatic carboxylic acids is 1. The number of carbonyl (C=O) groups excluding carboxylic acids is 1. The molecule has 7 nitrogen and oxygen atoms in total. The van der Waals surface area contributed by atoms with Gasteiger partial charge in [-0.3, -0.25) is 14.4 Å². The van der Waals surface area contributed by atoms with Crippen LogP contribution < -0.4 is 10.3 Å². The molecule has 2 aromatic rings. The van der Waals surface area contributed by atoms with Crippen LogP contribution in [0.25, 0.3) is 0 Å². The molecule has 0 saturated carbocycles. The minimum Gasteiger partial charge on any atom is -0.486 e. The Bertz CT molecular complexity index is 810. The third-order valence-electron chi connectivity index (χ3n) is 3.22. The summed E-state index contributed by atoms with van der Waals surface area (Å²) in [5.74, 6) is -0.399. The number of carboxylic acid groups (broad SMARTS) is 1. The van der Waals surface area contributed by atoms with Crippen molar-refractivity contribution in [1.29, 1.82) is 0 Å². The van der Waals surface area contributed by atoms with E-state index in [4.69, 9.17) is 9.84 Å². The highest BCUT2D eigenvalue weighted by molar-refractivity contribution is 5.94. The van der Waals surface area contributed by atoms with E-state index in [9.17, 15) is 14.4 Å². The number of Topliss-reactive ketones (excluding diaryl/α,β-unsaturated/α-hetero) is 1. The van der Waals surface area contributed by atoms with Crippen LogP contribution in [-0.4, -0.2) is 26.8 Å². The number of nitrogens with zero attached hydrogens (tertiary/aromatic N) is 1. The van der Waals surface area contributed by atoms with Gasteiger partial charge in [0.05, 0.1) is 6.42 Å². The summed E-state index contributed by atoms with van der Waals surface area (Å²) in [4.78, 5) is 40.6. The molecule has 120 valence electrons. The number of aromatic nitrogens is 2. The van der Waals surface area contributed by atoms with Crippen molar-refractivity contribution in [2.24, 2.45) is 0 Å². The molecule has 0 aliphatic rings. The van der Waals surface area contributed by atoms with Crippen molar-refractivity contribution in [3.63, 3.8) is 0 Å². The molecule has 23 heavy (non-hydrogen) atoms. The lowest BCUT2D eigenvalue weighted by molar-refractivity contribution is -0.136. The Morgan fingerprint density at radius 3 is 2.70 bits per heavy atom. The van der Waals surface area contributed by atoms with E-state index in [0.29, 0.717) is 17.0 Å². The van der Waals surface area contributed by atoms with E-state index < -0.39 is 11.5 Å². The highest BCUT2D eigenvalue weighted by Gasteiger charge is 2.12. The van der Waals surface area contributed by atoms with Crippen molar-refractivity contribution < 1.29 is 19.4 Å². The van der Waals surface area contributed by atoms with Crippen LogP contribution in [0, 0.1) is 6.92 Å². The van der Waals surface area contributed by atoms with Crippen LogP contribution in [0.2, 0.25) is 0 Å². The molecule has 0 aliphatic carbocycles. The van der Waals surface area contributed by atoms with E-state index in [1.54, 1.807) is 31.2 Å². The van der Waals surface area contributed by atoms with Crippen molar-refractivity contribution >= 4 is 11.8 Å². The average Bonchev–Trinajstić information content (AvgIpc) is 2.49. The standard InChI is InChI=1S/C16H16N2O5/c1-9-13(7-15(20)21)16(22)18-14(17-9)8-23-12-5-3-4-11(6-12)10(2)19/h3-6H,7-8H2,1-2H3,(H,20,21)(H,17,18,22). The van der Waals surface area contributed by atoms with E-state index in [2.05, 4.69) is 9.97 Å². The summed E-state index contributed by atoms with van der Waals surface area (Å²) in [6, 6.07) is 6.67. The molecule has 2 rings (SSSR count). The van der Waals surface area contributed by atoms with Crippen LogP contribution in [0.3, 0.4) is 0 Å². The van der Waals surface area contributed by atoms with Gasteiger partial charge in [0.25, 0.3) is 5.56 Å². The fraction of sp³-hybridized carbons (Fsp3) is 0.250. The molecule has 0 saturated heterocycles. The van der Waals surface area contributed by atoms with Gasteiger partial charge in [0, 0.05) is 16.8 Å². The van der Waals surface area contributed by atoms with Gasteiger partial charge in [0.1, 0.15) is 18.2 Å². The number of nitrogens with one attached hydrogen (secondary N) is 1. The van der Waals surface area contributed by atoms with Gasteiger partial charge in [-0.2, -0.15) is 0 Å². The molecule has 0 amide bonds. The quantitative estimate of drug-likeness (QED) is 0.781. The third-order valence-corrected chi connectivity index (χ3v) is 3.22. The van der Waals surface area contributed by atoms with E-state index >= 15 is 0 Å². The second kappa shape index (κ2) is 6.87. The maximum atomic E-state index is 11.9. The van der Waals surface area contributed by atoms with Crippen molar-refractivity contribution in [2.75, 3.05) is 0 Å². The predicted octanol–water partition coefficient (Wildman–Crippen LogP) is 1.49. The van der Waals surface area contributed by atoms with E-state index in [1.165, 1.54) is 6.92 Å². The number of hydrogen-bond donors (Lipinski definition) is 2. The topological polar surface area (TPSA) is 109 Å². The molecular weight excluding hydrogens is 300 g/mol. The normalized spacial score (nSPS) is 10.3. The van der Waals surface area contributed by atoms with Gasteiger partial charge in [-0.25, -0.2) is 4.98 Å². The lowest BCUT2D eigenvalue weighted by atomic mass is 10.1. The van der Waals surface area contributed by atoms with Gasteiger partial charge < -0.3 is 14.8 Å². The first-order valence-electron chi connectivity index (χ1n) is 6.91. The predicted molar refractivity (Wildman–Crippen MR) is 81.7 cm³/mol. The molecule has 1 aromatic carbocycles. The molecule has 0 spiro atoms. The van der Waals surface area contributed by atoms with Crippen LogP contribution in [0.15, 0.2) is 29.1 Å². The molecule has 0 atom stereocenters. The number of H-pyrrole nitrogens is 1. The summed E-state index contributed by atoms with van der Waals surface area (Å²) in [5, 5.41) is 8.78. The molecule has 0 bridgehead atoms. The second-order valence-corrected chi connectivity index (χ2v) is 5.02. The monoisotopic (exact) mass is 316 g/mol. The van der Waals surface area contributed by atoms with Gasteiger partial charge in [-0.1, -0.05) is 12.1 Å². The number of ketones is 1. The number of ether oxygens (including phenoxy) is 1. The third kappa shape index (κ3) is 4.26. The maximum absolute atomic E-state index is 11.9. The Kier molecular flexibility index (Phi) is 4.90. The van der Waals surface area contributed by atoms with E-state index in [0.717, 1.165) is 0 Å². The first-order valence-corrected chi connectivity index (χ1v) is 6.91. The minimum atomic E-state index is -1.09. The Balaban J connectivity index is 2.15. The zero-order valence-electron chi connectivity index (χ0n) is 12.8. The Hall–Kier alpha value is -2.96. The molecule has 1 aromatic heterocycles. The summed E-state index contributed by atoms with van der Waals surface area (Å²) in [7, 11) is 0. The average molecular weight is 316 g/mol. The fourth-order valence-corrected chi connectivity index (χ4v) is 2.05. The molecule has 0 fully saturated rings. The number of aryl methyl sites for hydroxylation is 1. The molecule has 2 N–H and O–H groups in total. The lowest BCUT2D eigenvalue weighted by Crippen LogP contribution is -2.22. The van der Waals surface area contributed by atoms with Gasteiger partial charge in [-0.05, 0) is 26.0 Å². The molecule has 1 heterocycles. The zero-order chi connectivity index (χ0) is 17.0. The van der Waals surface area contributed by atoms with Crippen LogP contribution >= 0.6 is 0 Å². The second-order valence-electron chi connectivity index (χ2n) is 5.02. The zero-order valence-corrected chi connectivity index (χ0v) is 12.8. The maximum Gasteiger partial charge on any atom is 0.308 e. The Labute approximate surface area is 132 Å². The largest absolute Gasteiger partial charge is 0.486 e. The number of benzene rings is 1. The first kappa shape index (κ1) is 16.4. The smallest absolute Gasteiger partial charge is 0.308 e. The summed E-state index contributed by atoms with van der Waals surface area (Å²) in [6.07, 6.45) is -0.379. The SMILES string of the molecule is CC(=O)c1cccc(OCc2nc(C)c(CC(=O)O)c(=O)[nH]2)c1. The van der Waals surface area contributed by atoms with E-state index in [-0.39, 0.29) is 30.2 Å². The van der Waals surface area contributed by atoms with Crippen molar-refractivity contribution in [3.05, 3.63) is 57.3 Å². The highest BCUT2D eigenvalue weighted by atomic mass is 16.5. The van der Waals surface area contributed by atoms with Gasteiger partial charge in [-0.15, -0.1) is 0 Å². The van der Waals surface area contributed by atoms with Crippen molar-refractivity contribution in [1.82, 2.24) is 9.97 Å². The minimum absolute atomic E-state index is 0.00475. The molecular formula is C16H16N2O5. The summed E-state index contributed by atoms with van der Waals surface area (Å²) in [5.41, 5.74) is 0.514. The lowest BCUT2D eigenvalue weighted by Gasteiger charge is -2.08. The highest BCUT2D eigenvalue weighted by Crippen LogP contribution is 2.15. The van der Waals surface area contributed by atoms with Gasteiger partial charge in [0.2, 0.25) is 0 Å². The van der Waals surface area contributed by atoms with Crippen LogP contribution in [0.4, 0.5) is 0 Å². The van der Waals surface area contributed by atoms with Gasteiger partial charge >= 0.3 is 5.97 Å². The van der Waals surface area contributed by atoms with Crippen LogP contribution in [0.5, 0.6) is 5.75 Å². The summed E-state index contributed by atoms with van der Waals surface area (Å²) in [6.45, 7) is 3.04. The number of rotatable bonds is 6. The number of aromatic amines is 1. The van der Waals surface area contributed by atoms with Crippen molar-refractivity contribution in [2.45, 2.75) is 26.9 Å². The summed E-state index contributed by atoms with van der Waals surface area (Å²) < 4.78 is 5.51. The molecule has 7 heteroatoms. The first-order chi connectivity index (χ1) is 10.9. The van der Waals surface area contributed by atoms with Gasteiger partial charge in [0.15, 0.2) is 5.78 Å². The molecule has 0 unspecified atom stereocenters. The fourth-order valence-electron chi connectivity index (χ4n) is 2.05. The number of hydrogen-bond acceptors (Lipinski definition) is 5. The van der Waals surface area contributed by atoms with Crippen LogP contribution in [0.1, 0.15) is 34.4 Å². The molecule has 0 aliphatic heterocycles. The van der Waals surface area contributed by atoms with E-state index in [1.807, 2.05) is 0 Å². The Morgan fingerprint density at radius 1 is 1.35 bits per heavy atom. The Morgan fingerprint density at radius 2 is 2.09 bits per heavy atom. The van der Waals surface area contributed by atoms with Crippen molar-refractivity contribution in [3.8, 4) is 5.75 Å². The summed E-state index contributed by atoms with van der Waals surface area (Å²) >= 11 is 0. The molecule has 0 radical (unpaired) electrons. The number of carboxylic acids is 1. The van der Waals surface area contributed by atoms with Crippen LogP contribution in [-0.2, 0) is 17.8 Å².